The van der Waals surface area contributed by atoms with E-state index in [9.17, 15) is 10.2 Å². The van der Waals surface area contributed by atoms with Crippen LogP contribution >= 0.6 is 31.9 Å². The quantitative estimate of drug-likeness (QED) is 0.339. The molecule has 4 rings (SSSR count). The number of aliphatic hydroxyl groups is 2. The van der Waals surface area contributed by atoms with Gasteiger partial charge in [0.2, 0.25) is 0 Å². The maximum absolute atomic E-state index is 9.75. The number of hydrogen-bond donors (Lipinski definition) is 2. The molecule has 4 nitrogen and oxygen atoms in total. The van der Waals surface area contributed by atoms with Gasteiger partial charge in [-0.1, -0.05) is 92.6 Å². The smallest absolute Gasteiger partial charge is 0.0791 e. The molecule has 0 bridgehead atoms. The molecule has 2 heterocycles. The fourth-order valence-electron chi connectivity index (χ4n) is 4.07. The minimum absolute atomic E-state index is 0.0413. The summed E-state index contributed by atoms with van der Waals surface area (Å²) in [7, 11) is 0. The molecule has 6 atom stereocenters. The summed E-state index contributed by atoms with van der Waals surface area (Å²) in [4.78, 5) is 0. The van der Waals surface area contributed by atoms with E-state index in [1.807, 2.05) is 72.8 Å². The number of rotatable bonds is 6. The third-order valence-electron chi connectivity index (χ3n) is 5.99. The van der Waals surface area contributed by atoms with E-state index >= 15 is 0 Å². The molecule has 36 heavy (non-hydrogen) atoms. The zero-order valence-electron chi connectivity index (χ0n) is 20.3. The Labute approximate surface area is 231 Å². The summed E-state index contributed by atoms with van der Waals surface area (Å²) >= 11 is 6.81. The van der Waals surface area contributed by atoms with Gasteiger partial charge in [0, 0.05) is 34.6 Å². The molecule has 2 N–H and O–H groups in total. The Hall–Kier alpha value is -1.80. The van der Waals surface area contributed by atoms with E-state index in [1.54, 1.807) is 12.2 Å². The van der Waals surface area contributed by atoms with Gasteiger partial charge < -0.3 is 19.7 Å². The van der Waals surface area contributed by atoms with Gasteiger partial charge in [0.05, 0.1) is 36.6 Å². The first-order valence-corrected chi connectivity index (χ1v) is 13.7. The molecule has 2 fully saturated rings. The second-order valence-electron chi connectivity index (χ2n) is 8.97. The van der Waals surface area contributed by atoms with E-state index in [-0.39, 0.29) is 36.6 Å². The van der Waals surface area contributed by atoms with Gasteiger partial charge in [-0.2, -0.15) is 0 Å². The van der Waals surface area contributed by atoms with Crippen molar-refractivity contribution in [3.05, 3.63) is 106 Å². The van der Waals surface area contributed by atoms with Crippen molar-refractivity contribution in [2.45, 2.75) is 62.3 Å². The lowest BCUT2D eigenvalue weighted by Crippen LogP contribution is -2.33. The number of ether oxygens (including phenoxy) is 2. The highest BCUT2D eigenvalue weighted by molar-refractivity contribution is 9.10. The second kappa shape index (κ2) is 14.8. The van der Waals surface area contributed by atoms with Crippen LogP contribution in [0.15, 0.2) is 94.9 Å². The van der Waals surface area contributed by atoms with Gasteiger partial charge in [-0.05, 0) is 35.4 Å². The Bertz CT molecular complexity index is 933. The normalized spacial score (nSPS) is 28.4. The standard InChI is InChI=1S/2C15H17BrO2/c2*1-2-14-9-13(17)10-15(18-14)8-5-11-3-6-12(16)7-4-11/h2*2-8,13-15,17H,1,9-10H2/b2*8-5+/t2*13-,14+,15-/m11/s1. The predicted octanol–water partition coefficient (Wildman–Crippen LogP) is 7.11. The van der Waals surface area contributed by atoms with Crippen LogP contribution in [0.3, 0.4) is 0 Å². The van der Waals surface area contributed by atoms with Gasteiger partial charge in [0.1, 0.15) is 0 Å². The number of benzene rings is 2. The second-order valence-corrected chi connectivity index (χ2v) is 10.8. The summed E-state index contributed by atoms with van der Waals surface area (Å²) in [5.74, 6) is 0. The lowest BCUT2D eigenvalue weighted by Gasteiger charge is -2.29. The van der Waals surface area contributed by atoms with Crippen LogP contribution in [0.4, 0.5) is 0 Å². The summed E-state index contributed by atoms with van der Waals surface area (Å²) in [6, 6.07) is 16.1. The van der Waals surface area contributed by atoms with Crippen molar-refractivity contribution in [3.63, 3.8) is 0 Å². The molecule has 2 aliphatic heterocycles. The molecule has 0 aromatic heterocycles. The van der Waals surface area contributed by atoms with E-state index in [0.717, 1.165) is 20.1 Å². The van der Waals surface area contributed by atoms with Gasteiger partial charge in [-0.15, -0.1) is 13.2 Å². The molecule has 2 aromatic carbocycles. The molecule has 2 saturated heterocycles. The molecule has 192 valence electrons. The van der Waals surface area contributed by atoms with Gasteiger partial charge >= 0.3 is 0 Å². The zero-order chi connectivity index (χ0) is 25.9. The minimum Gasteiger partial charge on any atom is -0.393 e. The Morgan fingerprint density at radius 3 is 1.28 bits per heavy atom. The van der Waals surface area contributed by atoms with Crippen LogP contribution in [-0.4, -0.2) is 46.8 Å². The third kappa shape index (κ3) is 9.92. The van der Waals surface area contributed by atoms with Crippen LogP contribution in [-0.2, 0) is 9.47 Å². The molecule has 0 saturated carbocycles. The fraction of sp³-hybridized carbons (Fsp3) is 0.333. The van der Waals surface area contributed by atoms with E-state index in [1.165, 1.54) is 0 Å². The van der Waals surface area contributed by atoms with Crippen molar-refractivity contribution >= 4 is 44.0 Å². The number of hydrogen-bond acceptors (Lipinski definition) is 4. The van der Waals surface area contributed by atoms with Crippen molar-refractivity contribution in [1.29, 1.82) is 0 Å². The highest BCUT2D eigenvalue weighted by Gasteiger charge is 2.25. The maximum Gasteiger partial charge on any atom is 0.0791 e. The first kappa shape index (κ1) is 28.8. The molecule has 0 aliphatic carbocycles. The Balaban J connectivity index is 0.000000201. The molecule has 0 amide bonds. The molecule has 6 heteroatoms. The van der Waals surface area contributed by atoms with Crippen LogP contribution in [0.5, 0.6) is 0 Å². The monoisotopic (exact) mass is 616 g/mol. The topological polar surface area (TPSA) is 58.9 Å². The number of halogens is 2. The summed E-state index contributed by atoms with van der Waals surface area (Å²) < 4.78 is 13.7. The molecule has 2 aliphatic rings. The molecule has 0 radical (unpaired) electrons. The predicted molar refractivity (Wildman–Crippen MR) is 155 cm³/mol. The van der Waals surface area contributed by atoms with Crippen molar-refractivity contribution in [2.24, 2.45) is 0 Å². The average molecular weight is 618 g/mol. The Morgan fingerprint density at radius 2 is 0.944 bits per heavy atom. The van der Waals surface area contributed by atoms with E-state index < -0.39 is 0 Å². The molecule has 0 spiro atoms. The lowest BCUT2D eigenvalue weighted by atomic mass is 10.00. The van der Waals surface area contributed by atoms with E-state index in [2.05, 4.69) is 45.0 Å². The molecular formula is C30H34Br2O4. The van der Waals surface area contributed by atoms with Crippen molar-refractivity contribution in [3.8, 4) is 0 Å². The van der Waals surface area contributed by atoms with Crippen molar-refractivity contribution in [1.82, 2.24) is 0 Å². The van der Waals surface area contributed by atoms with Crippen LogP contribution in [0.1, 0.15) is 36.8 Å². The molecule has 0 unspecified atom stereocenters. The Morgan fingerprint density at radius 1 is 0.611 bits per heavy atom. The van der Waals surface area contributed by atoms with Crippen molar-refractivity contribution in [2.75, 3.05) is 0 Å². The highest BCUT2D eigenvalue weighted by Crippen LogP contribution is 2.23. The third-order valence-corrected chi connectivity index (χ3v) is 7.05. The summed E-state index contributed by atoms with van der Waals surface area (Å²) in [6.07, 6.45) is 13.4. The lowest BCUT2D eigenvalue weighted by molar-refractivity contribution is -0.0549. The summed E-state index contributed by atoms with van der Waals surface area (Å²) in [6.45, 7) is 7.43. The Kier molecular flexibility index (Phi) is 11.8. The van der Waals surface area contributed by atoms with Crippen LogP contribution in [0.2, 0.25) is 0 Å². The van der Waals surface area contributed by atoms with Crippen LogP contribution in [0, 0.1) is 0 Å². The van der Waals surface area contributed by atoms with E-state index in [0.29, 0.717) is 25.7 Å². The average Bonchev–Trinajstić information content (AvgIpc) is 2.88. The minimum atomic E-state index is -0.304. The van der Waals surface area contributed by atoms with Gasteiger partial charge in [-0.25, -0.2) is 0 Å². The first-order valence-electron chi connectivity index (χ1n) is 12.1. The molecule has 2 aromatic rings. The van der Waals surface area contributed by atoms with E-state index in [4.69, 9.17) is 9.47 Å². The van der Waals surface area contributed by atoms with Crippen LogP contribution in [0.25, 0.3) is 12.2 Å². The maximum atomic E-state index is 9.75. The molecular weight excluding hydrogens is 584 g/mol. The fourth-order valence-corrected chi connectivity index (χ4v) is 4.60. The summed E-state index contributed by atoms with van der Waals surface area (Å²) in [5.41, 5.74) is 2.24. The first-order chi connectivity index (χ1) is 17.3. The summed E-state index contributed by atoms with van der Waals surface area (Å²) in [5, 5.41) is 19.5. The zero-order valence-corrected chi connectivity index (χ0v) is 23.4. The number of aliphatic hydroxyl groups excluding tert-OH is 2. The van der Waals surface area contributed by atoms with Crippen molar-refractivity contribution < 1.29 is 19.7 Å². The van der Waals surface area contributed by atoms with Gasteiger partial charge in [-0.3, -0.25) is 0 Å². The SMILES string of the molecule is C=C[C@H]1C[C@@H](O)C[C@@H](/C=C/c2ccc(Br)cc2)O1.C=C[C@H]1C[C@@H](O)C[C@@H](/C=C/c2ccc(Br)cc2)O1. The van der Waals surface area contributed by atoms with Gasteiger partial charge in [0.25, 0.3) is 0 Å². The van der Waals surface area contributed by atoms with Crippen LogP contribution < -0.4 is 0 Å². The largest absolute Gasteiger partial charge is 0.393 e. The highest BCUT2D eigenvalue weighted by atomic mass is 79.9. The van der Waals surface area contributed by atoms with Gasteiger partial charge in [0.15, 0.2) is 0 Å².